The van der Waals surface area contributed by atoms with Crippen LogP contribution < -0.4 is 5.32 Å². The number of hydrogen-bond donors (Lipinski definition) is 1. The van der Waals surface area contributed by atoms with E-state index in [1.807, 2.05) is 22.6 Å². The monoisotopic (exact) mass is 393 g/mol. The molecule has 0 atom stereocenters. The number of halogens is 4. The Kier molecular flexibility index (Phi) is 4.36. The molecule has 0 spiro atoms. The largest absolute Gasteiger partial charge is 0.321 e. The molecular weight excluding hydrogens is 387 g/mol. The third-order valence-electron chi connectivity index (χ3n) is 2.30. The van der Waals surface area contributed by atoms with E-state index in [9.17, 15) is 13.6 Å². The molecule has 0 saturated carbocycles. The Morgan fingerprint density at radius 1 is 1.11 bits per heavy atom. The second kappa shape index (κ2) is 5.83. The molecule has 2 aromatic rings. The van der Waals surface area contributed by atoms with Gasteiger partial charge in [0, 0.05) is 20.2 Å². The maximum atomic E-state index is 13.0. The Bertz CT molecular complexity index is 628. The van der Waals surface area contributed by atoms with Crippen LogP contribution in [0.2, 0.25) is 5.02 Å². The summed E-state index contributed by atoms with van der Waals surface area (Å²) in [5.41, 5.74) is 0.447. The van der Waals surface area contributed by atoms with E-state index in [0.29, 0.717) is 16.8 Å². The number of carbonyl (C=O) groups is 1. The number of nitrogens with one attached hydrogen (secondary N) is 1. The van der Waals surface area contributed by atoms with Crippen molar-refractivity contribution in [1.29, 1.82) is 0 Å². The van der Waals surface area contributed by atoms with Gasteiger partial charge in [0.2, 0.25) is 0 Å². The van der Waals surface area contributed by atoms with Crippen molar-refractivity contribution in [2.75, 3.05) is 5.32 Å². The molecule has 1 N–H and O–H groups in total. The van der Waals surface area contributed by atoms with Crippen molar-refractivity contribution >= 4 is 45.8 Å². The Balaban J connectivity index is 2.25. The Morgan fingerprint density at radius 3 is 2.32 bits per heavy atom. The summed E-state index contributed by atoms with van der Waals surface area (Å²) in [6.45, 7) is 0. The molecule has 1 amide bonds. The highest BCUT2D eigenvalue weighted by atomic mass is 127. The molecule has 0 radical (unpaired) electrons. The fraction of sp³-hybridized carbons (Fsp3) is 0. The van der Waals surface area contributed by atoms with Crippen LogP contribution >= 0.6 is 34.2 Å². The molecule has 0 aliphatic rings. The number of anilines is 1. The third kappa shape index (κ3) is 3.63. The third-order valence-corrected chi connectivity index (χ3v) is 3.43. The van der Waals surface area contributed by atoms with Crippen LogP contribution in [0, 0.1) is 15.2 Å². The maximum Gasteiger partial charge on any atom is 0.255 e. The summed E-state index contributed by atoms with van der Waals surface area (Å²) in [5.74, 6) is -2.18. The fourth-order valence-corrected chi connectivity index (χ4v) is 2.48. The van der Waals surface area contributed by atoms with Crippen LogP contribution in [-0.4, -0.2) is 5.91 Å². The minimum atomic E-state index is -0.795. The molecule has 2 aromatic carbocycles. The van der Waals surface area contributed by atoms with Gasteiger partial charge in [-0.3, -0.25) is 4.79 Å². The van der Waals surface area contributed by atoms with Gasteiger partial charge in [-0.2, -0.15) is 0 Å². The zero-order valence-corrected chi connectivity index (χ0v) is 12.3. The van der Waals surface area contributed by atoms with E-state index in [2.05, 4.69) is 5.32 Å². The van der Waals surface area contributed by atoms with Crippen molar-refractivity contribution in [1.82, 2.24) is 0 Å². The highest BCUT2D eigenvalue weighted by Gasteiger charge is 2.11. The van der Waals surface area contributed by atoms with E-state index in [-0.39, 0.29) is 5.56 Å². The Labute approximate surface area is 126 Å². The van der Waals surface area contributed by atoms with Gasteiger partial charge in [0.1, 0.15) is 11.6 Å². The normalized spacial score (nSPS) is 10.3. The Hall–Kier alpha value is -1.21. The van der Waals surface area contributed by atoms with Gasteiger partial charge in [0.25, 0.3) is 5.91 Å². The molecule has 0 aromatic heterocycles. The van der Waals surface area contributed by atoms with Crippen molar-refractivity contribution in [2.45, 2.75) is 0 Å². The number of hydrogen-bond acceptors (Lipinski definition) is 1. The summed E-state index contributed by atoms with van der Waals surface area (Å²) in [6, 6.07) is 7.57. The lowest BCUT2D eigenvalue weighted by Gasteiger charge is -2.08. The Morgan fingerprint density at radius 2 is 1.74 bits per heavy atom. The molecule has 0 heterocycles. The predicted molar refractivity (Wildman–Crippen MR) is 78.5 cm³/mol. The number of amides is 1. The van der Waals surface area contributed by atoms with E-state index in [1.165, 1.54) is 0 Å². The minimum absolute atomic E-state index is 0.0803. The van der Waals surface area contributed by atoms with Gasteiger partial charge in [0.05, 0.1) is 5.69 Å². The van der Waals surface area contributed by atoms with Crippen LogP contribution in [0.5, 0.6) is 0 Å². The first-order valence-corrected chi connectivity index (χ1v) is 6.64. The van der Waals surface area contributed by atoms with E-state index in [1.54, 1.807) is 18.2 Å². The van der Waals surface area contributed by atoms with Gasteiger partial charge >= 0.3 is 0 Å². The molecule has 0 bridgehead atoms. The number of carbonyl (C=O) groups excluding carboxylic acids is 1. The van der Waals surface area contributed by atoms with Gasteiger partial charge in [-0.1, -0.05) is 11.6 Å². The SMILES string of the molecule is O=C(Nc1ccc(Cl)cc1I)c1cc(F)cc(F)c1. The van der Waals surface area contributed by atoms with E-state index in [4.69, 9.17) is 11.6 Å². The average Bonchev–Trinajstić information content (AvgIpc) is 2.31. The van der Waals surface area contributed by atoms with Gasteiger partial charge in [0.15, 0.2) is 0 Å². The molecule has 2 nitrogen and oxygen atoms in total. The van der Waals surface area contributed by atoms with Crippen molar-refractivity contribution in [3.05, 3.63) is 62.2 Å². The van der Waals surface area contributed by atoms with Crippen LogP contribution in [0.4, 0.5) is 14.5 Å². The maximum absolute atomic E-state index is 13.0. The molecule has 6 heteroatoms. The average molecular weight is 394 g/mol. The molecule has 19 heavy (non-hydrogen) atoms. The van der Waals surface area contributed by atoms with Crippen LogP contribution in [-0.2, 0) is 0 Å². The topological polar surface area (TPSA) is 29.1 Å². The lowest BCUT2D eigenvalue weighted by molar-refractivity contribution is 0.102. The highest BCUT2D eigenvalue weighted by Crippen LogP contribution is 2.23. The van der Waals surface area contributed by atoms with Crippen LogP contribution in [0.1, 0.15) is 10.4 Å². The number of benzene rings is 2. The second-order valence-electron chi connectivity index (χ2n) is 3.74. The molecular formula is C13H7ClF2INO. The first kappa shape index (κ1) is 14.2. The first-order valence-electron chi connectivity index (χ1n) is 5.18. The van der Waals surface area contributed by atoms with Gasteiger partial charge in [-0.05, 0) is 52.9 Å². The van der Waals surface area contributed by atoms with Gasteiger partial charge in [-0.25, -0.2) is 8.78 Å². The summed E-state index contributed by atoms with van der Waals surface area (Å²) < 4.78 is 26.8. The van der Waals surface area contributed by atoms with Crippen LogP contribution in [0.25, 0.3) is 0 Å². The van der Waals surface area contributed by atoms with E-state index < -0.39 is 17.5 Å². The van der Waals surface area contributed by atoms with Crippen molar-refractivity contribution < 1.29 is 13.6 Å². The predicted octanol–water partition coefficient (Wildman–Crippen LogP) is 4.48. The lowest BCUT2D eigenvalue weighted by atomic mass is 10.2. The molecule has 98 valence electrons. The van der Waals surface area contributed by atoms with Crippen LogP contribution in [0.15, 0.2) is 36.4 Å². The van der Waals surface area contributed by atoms with E-state index >= 15 is 0 Å². The standard InChI is InChI=1S/C13H7ClF2INO/c14-8-1-2-12(11(17)5-8)18-13(19)7-3-9(15)6-10(16)4-7/h1-6H,(H,18,19). The summed E-state index contributed by atoms with van der Waals surface area (Å²) in [4.78, 5) is 11.9. The van der Waals surface area contributed by atoms with Crippen molar-refractivity contribution in [3.8, 4) is 0 Å². The van der Waals surface area contributed by atoms with Gasteiger partial charge < -0.3 is 5.32 Å². The quantitative estimate of drug-likeness (QED) is 0.749. The molecule has 0 saturated heterocycles. The van der Waals surface area contributed by atoms with Crippen LogP contribution in [0.3, 0.4) is 0 Å². The van der Waals surface area contributed by atoms with Crippen molar-refractivity contribution in [3.63, 3.8) is 0 Å². The molecule has 2 rings (SSSR count). The summed E-state index contributed by atoms with van der Waals surface area (Å²) in [7, 11) is 0. The molecule has 0 aliphatic carbocycles. The zero-order valence-electron chi connectivity index (χ0n) is 9.38. The summed E-state index contributed by atoms with van der Waals surface area (Å²) >= 11 is 7.80. The second-order valence-corrected chi connectivity index (χ2v) is 5.34. The molecule has 0 unspecified atom stereocenters. The zero-order chi connectivity index (χ0) is 14.0. The summed E-state index contributed by atoms with van der Waals surface area (Å²) in [5, 5.41) is 3.11. The molecule has 0 aliphatic heterocycles. The minimum Gasteiger partial charge on any atom is -0.321 e. The lowest BCUT2D eigenvalue weighted by Crippen LogP contribution is -2.13. The number of rotatable bonds is 2. The highest BCUT2D eigenvalue weighted by molar-refractivity contribution is 14.1. The fourth-order valence-electron chi connectivity index (χ4n) is 1.47. The van der Waals surface area contributed by atoms with Crippen molar-refractivity contribution in [2.24, 2.45) is 0 Å². The smallest absolute Gasteiger partial charge is 0.255 e. The first-order chi connectivity index (χ1) is 8.95. The molecule has 0 fully saturated rings. The van der Waals surface area contributed by atoms with E-state index in [0.717, 1.165) is 15.7 Å². The van der Waals surface area contributed by atoms with Gasteiger partial charge in [-0.15, -0.1) is 0 Å². The summed E-state index contributed by atoms with van der Waals surface area (Å²) in [6.07, 6.45) is 0.